The Morgan fingerprint density at radius 1 is 1.14 bits per heavy atom. The number of phenolic OH excluding ortho intramolecular Hbond substituents is 1. The molecule has 0 spiro atoms. The molecule has 0 saturated carbocycles. The summed E-state index contributed by atoms with van der Waals surface area (Å²) in [4.78, 5) is 32.6. The van der Waals surface area contributed by atoms with Gasteiger partial charge in [0.1, 0.15) is 11.5 Å². The third kappa shape index (κ3) is 4.30. The number of nitrogens with zero attached hydrogens (tertiary/aromatic N) is 3. The van der Waals surface area contributed by atoms with Gasteiger partial charge in [0, 0.05) is 17.7 Å². The predicted molar refractivity (Wildman–Crippen MR) is 96.0 cm³/mol. The Balaban J connectivity index is 2.29. The molecule has 2 aromatic carbocycles. The monoisotopic (exact) mass is 390 g/mol. The van der Waals surface area contributed by atoms with E-state index in [4.69, 9.17) is 9.47 Å². The number of ether oxygens (including phenoxy) is 2. The molecule has 0 bridgehead atoms. The number of phenols is 1. The maximum absolute atomic E-state index is 12.2. The van der Waals surface area contributed by atoms with Crippen LogP contribution in [0.25, 0.3) is 0 Å². The highest BCUT2D eigenvalue weighted by Gasteiger charge is 2.20. The third-order valence-electron chi connectivity index (χ3n) is 3.53. The Morgan fingerprint density at radius 2 is 1.86 bits per heavy atom. The molecule has 28 heavy (non-hydrogen) atoms. The fourth-order valence-corrected chi connectivity index (χ4v) is 2.18. The van der Waals surface area contributed by atoms with Crippen LogP contribution in [0, 0.1) is 20.2 Å². The summed E-state index contributed by atoms with van der Waals surface area (Å²) >= 11 is 0. The summed E-state index contributed by atoms with van der Waals surface area (Å²) in [7, 11) is 2.57. The first kappa shape index (κ1) is 20.1. The Labute approximate surface area is 157 Å². The van der Waals surface area contributed by atoms with E-state index < -0.39 is 27.2 Å². The van der Waals surface area contributed by atoms with Crippen LogP contribution in [-0.4, -0.2) is 41.3 Å². The van der Waals surface area contributed by atoms with Gasteiger partial charge in [0.2, 0.25) is 5.75 Å². The molecule has 2 N–H and O–H groups in total. The van der Waals surface area contributed by atoms with Gasteiger partial charge in [-0.2, -0.15) is 5.10 Å². The van der Waals surface area contributed by atoms with Crippen LogP contribution in [0.5, 0.6) is 17.2 Å². The van der Waals surface area contributed by atoms with Crippen LogP contribution in [-0.2, 0) is 0 Å². The molecule has 0 atom stereocenters. The molecule has 2 rings (SSSR count). The summed E-state index contributed by atoms with van der Waals surface area (Å²) in [5.41, 5.74) is 0.951. The van der Waals surface area contributed by atoms with Gasteiger partial charge in [-0.05, 0) is 12.1 Å². The van der Waals surface area contributed by atoms with E-state index in [1.807, 2.05) is 0 Å². The topological polar surface area (TPSA) is 166 Å². The van der Waals surface area contributed by atoms with Gasteiger partial charge in [-0.25, -0.2) is 5.43 Å². The van der Waals surface area contributed by atoms with Gasteiger partial charge in [0.05, 0.1) is 41.9 Å². The van der Waals surface area contributed by atoms with Crippen molar-refractivity contribution < 1.29 is 29.2 Å². The number of non-ortho nitro benzene ring substituents is 1. The molecule has 0 aliphatic carbocycles. The van der Waals surface area contributed by atoms with Crippen molar-refractivity contribution in [3.8, 4) is 17.2 Å². The molecule has 0 aliphatic rings. The predicted octanol–water partition coefficient (Wildman–Crippen LogP) is 1.99. The molecule has 0 aliphatic heterocycles. The lowest BCUT2D eigenvalue weighted by Crippen LogP contribution is -2.18. The van der Waals surface area contributed by atoms with Crippen LogP contribution in [0.1, 0.15) is 15.9 Å². The number of hydrogen-bond acceptors (Lipinski definition) is 9. The lowest BCUT2D eigenvalue weighted by Gasteiger charge is -2.07. The number of amides is 1. The third-order valence-corrected chi connectivity index (χ3v) is 3.53. The molecule has 2 aromatic rings. The van der Waals surface area contributed by atoms with E-state index in [2.05, 4.69) is 10.5 Å². The van der Waals surface area contributed by atoms with Crippen molar-refractivity contribution in [1.82, 2.24) is 5.43 Å². The van der Waals surface area contributed by atoms with Crippen molar-refractivity contribution in [2.45, 2.75) is 0 Å². The van der Waals surface area contributed by atoms with E-state index in [1.165, 1.54) is 32.4 Å². The highest BCUT2D eigenvalue weighted by Crippen LogP contribution is 2.33. The summed E-state index contributed by atoms with van der Waals surface area (Å²) < 4.78 is 9.91. The smallest absolute Gasteiger partial charge is 0.315 e. The van der Waals surface area contributed by atoms with E-state index in [-0.39, 0.29) is 28.3 Å². The minimum atomic E-state index is -0.825. The Kier molecular flexibility index (Phi) is 6.06. The van der Waals surface area contributed by atoms with Gasteiger partial charge in [-0.15, -0.1) is 0 Å². The summed E-state index contributed by atoms with van der Waals surface area (Å²) in [5.74, 6) is -1.32. The molecule has 0 radical (unpaired) electrons. The van der Waals surface area contributed by atoms with E-state index in [1.54, 1.807) is 0 Å². The van der Waals surface area contributed by atoms with Gasteiger partial charge in [0.25, 0.3) is 11.6 Å². The Morgan fingerprint density at radius 3 is 2.43 bits per heavy atom. The number of benzene rings is 2. The van der Waals surface area contributed by atoms with Gasteiger partial charge in [0.15, 0.2) is 0 Å². The zero-order chi connectivity index (χ0) is 20.8. The fraction of sp³-hybridized carbons (Fsp3) is 0.125. The Hall–Kier alpha value is -4.22. The molecule has 0 heterocycles. The minimum Gasteiger partial charge on any atom is -0.502 e. The summed E-state index contributed by atoms with van der Waals surface area (Å²) in [6.45, 7) is 0. The number of methoxy groups -OCH3 is 2. The van der Waals surface area contributed by atoms with Crippen LogP contribution >= 0.6 is 0 Å². The zero-order valence-electron chi connectivity index (χ0n) is 14.6. The van der Waals surface area contributed by atoms with Gasteiger partial charge in [-0.1, -0.05) is 0 Å². The first-order chi connectivity index (χ1) is 13.3. The molecular weight excluding hydrogens is 376 g/mol. The van der Waals surface area contributed by atoms with Gasteiger partial charge < -0.3 is 14.6 Å². The molecule has 12 nitrogen and oxygen atoms in total. The molecule has 0 aromatic heterocycles. The average Bonchev–Trinajstić information content (AvgIpc) is 2.68. The normalized spacial score (nSPS) is 10.5. The lowest BCUT2D eigenvalue weighted by atomic mass is 10.1. The average molecular weight is 390 g/mol. The number of carbonyl (C=O) groups is 1. The van der Waals surface area contributed by atoms with Crippen LogP contribution in [0.4, 0.5) is 11.4 Å². The molecular formula is C16H14N4O8. The number of hydrogen-bond donors (Lipinski definition) is 2. The maximum Gasteiger partial charge on any atom is 0.315 e. The summed E-state index contributed by atoms with van der Waals surface area (Å²) in [6.07, 6.45) is 0.965. The minimum absolute atomic E-state index is 0.0816. The van der Waals surface area contributed by atoms with Crippen LogP contribution in [0.15, 0.2) is 35.4 Å². The molecule has 12 heteroatoms. The number of nitrogens with one attached hydrogen (secondary N) is 1. The van der Waals surface area contributed by atoms with Crippen molar-refractivity contribution in [3.63, 3.8) is 0 Å². The molecule has 1 amide bonds. The number of rotatable bonds is 7. The van der Waals surface area contributed by atoms with Crippen molar-refractivity contribution >= 4 is 23.5 Å². The summed E-state index contributed by atoms with van der Waals surface area (Å²) in [6, 6.07) is 5.74. The van der Waals surface area contributed by atoms with E-state index in [9.17, 15) is 30.1 Å². The first-order valence-electron chi connectivity index (χ1n) is 7.49. The number of carbonyl (C=O) groups excluding carboxylic acids is 1. The summed E-state index contributed by atoms with van der Waals surface area (Å²) in [5, 5.41) is 35.4. The van der Waals surface area contributed by atoms with Gasteiger partial charge >= 0.3 is 5.69 Å². The maximum atomic E-state index is 12.2. The fourth-order valence-electron chi connectivity index (χ4n) is 2.18. The highest BCUT2D eigenvalue weighted by atomic mass is 16.6. The van der Waals surface area contributed by atoms with Crippen LogP contribution in [0.3, 0.4) is 0 Å². The SMILES string of the molecule is COc1cc(/C=N\NC(=O)c2cc([N+](=O)[O-])ccc2OC)c(O)c([N+](=O)[O-])c1. The van der Waals surface area contributed by atoms with Gasteiger partial charge in [-0.3, -0.25) is 25.0 Å². The molecule has 0 saturated heterocycles. The standard InChI is InChI=1S/C16H14N4O8/c1-27-11-5-9(15(21)13(7-11)20(25)26)8-17-18-16(22)12-6-10(19(23)24)3-4-14(12)28-2/h3-8,21H,1-2H3,(H,18,22)/b17-8-. The zero-order valence-corrected chi connectivity index (χ0v) is 14.6. The van der Waals surface area contributed by atoms with Crippen molar-refractivity contribution in [1.29, 1.82) is 0 Å². The number of nitro groups is 2. The van der Waals surface area contributed by atoms with Crippen molar-refractivity contribution in [2.24, 2.45) is 5.10 Å². The number of aromatic hydroxyl groups is 1. The van der Waals surface area contributed by atoms with E-state index >= 15 is 0 Å². The molecule has 146 valence electrons. The largest absolute Gasteiger partial charge is 0.502 e. The Bertz CT molecular complexity index is 973. The second-order valence-electron chi connectivity index (χ2n) is 5.18. The first-order valence-corrected chi connectivity index (χ1v) is 7.49. The van der Waals surface area contributed by atoms with E-state index in [0.717, 1.165) is 18.3 Å². The number of nitro benzene ring substituents is 2. The highest BCUT2D eigenvalue weighted by molar-refractivity contribution is 5.98. The lowest BCUT2D eigenvalue weighted by molar-refractivity contribution is -0.386. The quantitative estimate of drug-likeness (QED) is 0.411. The molecule has 0 unspecified atom stereocenters. The second-order valence-corrected chi connectivity index (χ2v) is 5.18. The van der Waals surface area contributed by atoms with E-state index in [0.29, 0.717) is 0 Å². The molecule has 0 fully saturated rings. The van der Waals surface area contributed by atoms with Crippen LogP contribution < -0.4 is 14.9 Å². The number of hydrazone groups is 1. The van der Waals surface area contributed by atoms with Crippen molar-refractivity contribution in [3.05, 3.63) is 61.7 Å². The second kappa shape index (κ2) is 8.44. The van der Waals surface area contributed by atoms with Crippen molar-refractivity contribution in [2.75, 3.05) is 14.2 Å². The van der Waals surface area contributed by atoms with Crippen LogP contribution in [0.2, 0.25) is 0 Å².